The summed E-state index contributed by atoms with van der Waals surface area (Å²) in [5.41, 5.74) is 0. The molecule has 0 aliphatic rings. The number of rotatable bonds is 33. The highest BCUT2D eigenvalue weighted by Crippen LogP contribution is 2.21. The third-order valence-electron chi connectivity index (χ3n) is 6.42. The van der Waals surface area contributed by atoms with Crippen LogP contribution >= 0.6 is 23.5 Å². The van der Waals surface area contributed by atoms with Crippen molar-refractivity contribution in [2.24, 2.45) is 0 Å². The molecule has 0 aromatic rings. The van der Waals surface area contributed by atoms with Gasteiger partial charge in [-0.15, -0.1) is 0 Å². The first-order valence-electron chi connectivity index (χ1n) is 16.9. The maximum absolute atomic E-state index is 12.1. The van der Waals surface area contributed by atoms with Gasteiger partial charge in [0.2, 0.25) is 11.8 Å². The van der Waals surface area contributed by atoms with E-state index >= 15 is 0 Å². The molecule has 0 saturated carbocycles. The maximum Gasteiger partial charge on any atom is 0.500 e. The number of carbonyl (C=O) groups excluding carboxylic acids is 2. The summed E-state index contributed by atoms with van der Waals surface area (Å²) < 4.78 is 35.4. The van der Waals surface area contributed by atoms with Crippen LogP contribution in [0.2, 0.25) is 12.1 Å². The van der Waals surface area contributed by atoms with Crippen molar-refractivity contribution in [2.75, 3.05) is 75.7 Å². The van der Waals surface area contributed by atoms with Crippen molar-refractivity contribution in [3.05, 3.63) is 0 Å². The highest BCUT2D eigenvalue weighted by Gasteiger charge is 2.40. The van der Waals surface area contributed by atoms with Crippen molar-refractivity contribution in [2.45, 2.75) is 105 Å². The van der Waals surface area contributed by atoms with Gasteiger partial charge in [0.05, 0.1) is 0 Å². The number of carbonyl (C=O) groups is 2. The fourth-order valence-corrected chi connectivity index (χ4v) is 12.1. The van der Waals surface area contributed by atoms with E-state index in [-0.39, 0.29) is 11.8 Å². The van der Waals surface area contributed by atoms with E-state index in [1.807, 2.05) is 41.5 Å². The summed E-state index contributed by atoms with van der Waals surface area (Å²) in [5.74, 6) is 3.78. The Kier molecular flexibility index (Phi) is 30.1. The summed E-state index contributed by atoms with van der Waals surface area (Å²) in [7, 11) is -5.12. The van der Waals surface area contributed by atoms with E-state index in [0.29, 0.717) is 65.6 Å². The Bertz CT molecular complexity index is 611. The van der Waals surface area contributed by atoms with Crippen LogP contribution < -0.4 is 10.6 Å². The van der Waals surface area contributed by atoms with E-state index < -0.39 is 17.6 Å². The minimum absolute atomic E-state index is 0.114. The van der Waals surface area contributed by atoms with Crippen molar-refractivity contribution < 1.29 is 36.1 Å². The zero-order chi connectivity index (χ0) is 32.8. The first-order valence-corrected chi connectivity index (χ1v) is 23.1. The van der Waals surface area contributed by atoms with Crippen molar-refractivity contribution >= 4 is 52.9 Å². The Morgan fingerprint density at radius 1 is 0.477 bits per heavy atom. The van der Waals surface area contributed by atoms with Crippen LogP contribution in [0, 0.1) is 0 Å². The molecule has 2 N–H and O–H groups in total. The van der Waals surface area contributed by atoms with Crippen molar-refractivity contribution in [3.63, 3.8) is 0 Å². The van der Waals surface area contributed by atoms with Crippen LogP contribution in [-0.4, -0.2) is 105 Å². The summed E-state index contributed by atoms with van der Waals surface area (Å²) in [6.45, 7) is 16.8. The molecule has 262 valence electrons. The molecule has 14 heteroatoms. The molecule has 0 fully saturated rings. The lowest BCUT2D eigenvalue weighted by Crippen LogP contribution is -2.46. The third kappa shape index (κ3) is 23.2. The van der Waals surface area contributed by atoms with Crippen LogP contribution in [0.4, 0.5) is 0 Å². The molecule has 10 nitrogen and oxygen atoms in total. The molecule has 0 atom stereocenters. The molecular formula is C30H64N2O8S2Si2. The minimum Gasteiger partial charge on any atom is -0.374 e. The van der Waals surface area contributed by atoms with Gasteiger partial charge in [0.1, 0.15) is 0 Å². The molecule has 0 bridgehead atoms. The monoisotopic (exact) mass is 700 g/mol. The smallest absolute Gasteiger partial charge is 0.374 e. The molecular weight excluding hydrogens is 637 g/mol. The first kappa shape index (κ1) is 43.8. The van der Waals surface area contributed by atoms with Crippen LogP contribution in [0.25, 0.3) is 0 Å². The second-order valence-electron chi connectivity index (χ2n) is 10.0. The number of amides is 2. The van der Waals surface area contributed by atoms with Gasteiger partial charge in [0, 0.05) is 89.2 Å². The predicted molar refractivity (Wildman–Crippen MR) is 188 cm³/mol. The molecule has 0 aromatic carbocycles. The highest BCUT2D eigenvalue weighted by atomic mass is 32.2. The number of nitrogens with one attached hydrogen (secondary N) is 2. The molecule has 0 aliphatic heterocycles. The van der Waals surface area contributed by atoms with Gasteiger partial charge in [-0.3, -0.25) is 9.59 Å². The molecule has 0 aromatic heterocycles. The van der Waals surface area contributed by atoms with E-state index in [2.05, 4.69) is 10.6 Å². The summed E-state index contributed by atoms with van der Waals surface area (Å²) >= 11 is 3.58. The SMILES string of the molecule is CCO[Si](CCCSCCC(=O)NCCCCCCNC(=O)CCSCCC[Si](OCC)(OCC)OCC)(OCC)OCC. The number of hydrogen-bond donors (Lipinski definition) is 2. The zero-order valence-electron chi connectivity index (χ0n) is 28.6. The van der Waals surface area contributed by atoms with E-state index in [4.69, 9.17) is 26.6 Å². The zero-order valence-corrected chi connectivity index (χ0v) is 32.3. The lowest BCUT2D eigenvalue weighted by atomic mass is 10.2. The largest absolute Gasteiger partial charge is 0.500 e. The number of thioether (sulfide) groups is 2. The Labute approximate surface area is 279 Å². The fourth-order valence-electron chi connectivity index (χ4n) is 4.55. The van der Waals surface area contributed by atoms with Crippen LogP contribution in [0.1, 0.15) is 92.9 Å². The van der Waals surface area contributed by atoms with Crippen molar-refractivity contribution in [3.8, 4) is 0 Å². The van der Waals surface area contributed by atoms with Gasteiger partial charge >= 0.3 is 17.6 Å². The predicted octanol–water partition coefficient (Wildman–Crippen LogP) is 5.90. The van der Waals surface area contributed by atoms with Crippen LogP contribution in [-0.2, 0) is 36.1 Å². The van der Waals surface area contributed by atoms with Crippen molar-refractivity contribution in [1.82, 2.24) is 10.6 Å². The van der Waals surface area contributed by atoms with E-state index in [9.17, 15) is 9.59 Å². The van der Waals surface area contributed by atoms with Gasteiger partial charge in [-0.05, 0) is 78.7 Å². The average Bonchev–Trinajstić information content (AvgIpc) is 2.99. The van der Waals surface area contributed by atoms with Crippen LogP contribution in [0.3, 0.4) is 0 Å². The molecule has 2 amide bonds. The molecule has 0 saturated heterocycles. The average molecular weight is 701 g/mol. The Morgan fingerprint density at radius 3 is 1.09 bits per heavy atom. The fraction of sp³-hybridized carbons (Fsp3) is 0.933. The quantitative estimate of drug-likeness (QED) is 0.0634. The van der Waals surface area contributed by atoms with Crippen LogP contribution in [0.5, 0.6) is 0 Å². The second kappa shape index (κ2) is 30.2. The van der Waals surface area contributed by atoms with Gasteiger partial charge in [-0.25, -0.2) is 0 Å². The Hall–Kier alpha value is -0.166. The number of unbranched alkanes of at least 4 members (excludes halogenated alkanes) is 3. The Morgan fingerprint density at radius 2 is 0.795 bits per heavy atom. The first-order chi connectivity index (χ1) is 21.4. The summed E-state index contributed by atoms with van der Waals surface area (Å²) in [4.78, 5) is 24.3. The number of hydrogen-bond acceptors (Lipinski definition) is 10. The summed E-state index contributed by atoms with van der Waals surface area (Å²) in [6.07, 6.45) is 7.00. The summed E-state index contributed by atoms with van der Waals surface area (Å²) in [5, 5.41) is 6.05. The topological polar surface area (TPSA) is 114 Å². The Balaban J connectivity index is 3.73. The van der Waals surface area contributed by atoms with Gasteiger partial charge in [-0.1, -0.05) is 12.8 Å². The van der Waals surface area contributed by atoms with E-state index in [1.165, 1.54) is 0 Å². The molecule has 0 radical (unpaired) electrons. The lowest BCUT2D eigenvalue weighted by Gasteiger charge is -2.28. The standard InChI is InChI=1S/C30H64N2O8S2Si2/c1-7-35-43(36-8-2,37-9-3)27-17-23-41-25-19-29(33)31-21-15-13-14-16-22-32-30(34)20-26-42-24-18-28-44(38-10-4,39-11-5)40-12-6/h7-28H2,1-6H3,(H,31,33)(H,32,34). The molecule has 0 aliphatic carbocycles. The molecule has 44 heavy (non-hydrogen) atoms. The van der Waals surface area contributed by atoms with Gasteiger partial charge in [-0.2, -0.15) is 23.5 Å². The molecule has 0 heterocycles. The minimum atomic E-state index is -2.56. The van der Waals surface area contributed by atoms with E-state index in [0.717, 1.165) is 73.6 Å². The summed E-state index contributed by atoms with van der Waals surface area (Å²) in [6, 6.07) is 1.63. The lowest BCUT2D eigenvalue weighted by molar-refractivity contribution is -0.121. The van der Waals surface area contributed by atoms with Crippen LogP contribution in [0.15, 0.2) is 0 Å². The van der Waals surface area contributed by atoms with Crippen molar-refractivity contribution in [1.29, 1.82) is 0 Å². The normalized spacial score (nSPS) is 12.0. The second-order valence-corrected chi connectivity index (χ2v) is 17.9. The third-order valence-corrected chi connectivity index (χ3v) is 14.9. The molecule has 0 spiro atoms. The highest BCUT2D eigenvalue weighted by molar-refractivity contribution is 7.99. The van der Waals surface area contributed by atoms with Gasteiger partial charge < -0.3 is 37.2 Å². The maximum atomic E-state index is 12.1. The van der Waals surface area contributed by atoms with Gasteiger partial charge in [0.25, 0.3) is 0 Å². The van der Waals surface area contributed by atoms with Gasteiger partial charge in [0.15, 0.2) is 0 Å². The molecule has 0 unspecified atom stereocenters. The molecule has 0 rings (SSSR count). The van der Waals surface area contributed by atoms with E-state index in [1.54, 1.807) is 23.5 Å².